The maximum Gasteiger partial charge on any atom is 0.324 e. The molecular formula is C16H17NO6S. The number of carbonyl (C=O) groups is 1. The minimum absolute atomic E-state index is 0.0274. The summed E-state index contributed by atoms with van der Waals surface area (Å²) in [6.45, 7) is -0.694. The van der Waals surface area contributed by atoms with Gasteiger partial charge in [-0.25, -0.2) is 8.42 Å². The number of nitrogens with zero attached hydrogens (tertiary/aromatic N) is 1. The highest BCUT2D eigenvalue weighted by Gasteiger charge is 2.27. The van der Waals surface area contributed by atoms with Crippen molar-refractivity contribution in [1.29, 1.82) is 0 Å². The van der Waals surface area contributed by atoms with E-state index in [0.717, 1.165) is 4.31 Å². The number of carboxylic acid groups (broad SMARTS) is 1. The van der Waals surface area contributed by atoms with E-state index in [9.17, 15) is 13.2 Å². The van der Waals surface area contributed by atoms with Gasteiger partial charge in [0.15, 0.2) is 0 Å². The van der Waals surface area contributed by atoms with Crippen molar-refractivity contribution in [3.05, 3.63) is 48.5 Å². The molecule has 0 amide bonds. The number of aliphatic carboxylic acids is 1. The first-order chi connectivity index (χ1) is 11.4. The molecule has 2 rings (SSSR count). The van der Waals surface area contributed by atoms with Crippen LogP contribution in [0.2, 0.25) is 0 Å². The van der Waals surface area contributed by atoms with E-state index in [4.69, 9.17) is 14.6 Å². The molecule has 0 spiro atoms. The summed E-state index contributed by atoms with van der Waals surface area (Å²) in [5, 5.41) is 9.09. The number of benzene rings is 2. The van der Waals surface area contributed by atoms with Gasteiger partial charge < -0.3 is 14.6 Å². The molecule has 0 aliphatic heterocycles. The summed E-state index contributed by atoms with van der Waals surface area (Å²) in [6, 6.07) is 11.8. The highest BCUT2D eigenvalue weighted by molar-refractivity contribution is 7.92. The largest absolute Gasteiger partial charge is 0.497 e. The van der Waals surface area contributed by atoms with Gasteiger partial charge in [0.1, 0.15) is 18.0 Å². The van der Waals surface area contributed by atoms with Gasteiger partial charge in [-0.05, 0) is 48.5 Å². The molecule has 24 heavy (non-hydrogen) atoms. The maximum absolute atomic E-state index is 12.8. The molecule has 0 aliphatic rings. The Hall–Kier alpha value is -2.74. The number of anilines is 1. The van der Waals surface area contributed by atoms with Gasteiger partial charge in [-0.15, -0.1) is 0 Å². The number of hydrogen-bond acceptors (Lipinski definition) is 5. The second kappa shape index (κ2) is 7.22. The van der Waals surface area contributed by atoms with Gasteiger partial charge in [-0.1, -0.05) is 0 Å². The molecular weight excluding hydrogens is 334 g/mol. The van der Waals surface area contributed by atoms with Gasteiger partial charge >= 0.3 is 5.97 Å². The Labute approximate surface area is 140 Å². The third kappa shape index (κ3) is 3.77. The Kier molecular flexibility index (Phi) is 5.30. The second-order valence-corrected chi connectivity index (χ2v) is 6.64. The minimum Gasteiger partial charge on any atom is -0.497 e. The van der Waals surface area contributed by atoms with Gasteiger partial charge in [0.05, 0.1) is 24.8 Å². The summed E-state index contributed by atoms with van der Waals surface area (Å²) >= 11 is 0. The number of sulfonamides is 1. The lowest BCUT2D eigenvalue weighted by Crippen LogP contribution is -2.35. The molecule has 128 valence electrons. The van der Waals surface area contributed by atoms with Crippen molar-refractivity contribution >= 4 is 21.7 Å². The first kappa shape index (κ1) is 17.6. The molecule has 2 aromatic rings. The van der Waals surface area contributed by atoms with Crippen LogP contribution in [0.3, 0.4) is 0 Å². The van der Waals surface area contributed by atoms with Crippen molar-refractivity contribution in [2.24, 2.45) is 0 Å². The zero-order chi connectivity index (χ0) is 17.7. The van der Waals surface area contributed by atoms with Crippen LogP contribution in [0.15, 0.2) is 53.4 Å². The van der Waals surface area contributed by atoms with Crippen molar-refractivity contribution in [1.82, 2.24) is 0 Å². The third-order valence-electron chi connectivity index (χ3n) is 3.29. The van der Waals surface area contributed by atoms with Crippen LogP contribution in [-0.2, 0) is 14.8 Å². The van der Waals surface area contributed by atoms with Crippen molar-refractivity contribution in [2.75, 3.05) is 25.1 Å². The Morgan fingerprint density at radius 2 is 1.42 bits per heavy atom. The molecule has 0 aromatic heterocycles. The lowest BCUT2D eigenvalue weighted by molar-refractivity contribution is -0.135. The molecule has 0 bridgehead atoms. The van der Waals surface area contributed by atoms with Crippen LogP contribution in [0.5, 0.6) is 11.5 Å². The average Bonchev–Trinajstić information content (AvgIpc) is 2.59. The number of rotatable bonds is 7. The molecule has 0 saturated carbocycles. The fourth-order valence-electron chi connectivity index (χ4n) is 2.06. The summed E-state index contributed by atoms with van der Waals surface area (Å²) in [6.07, 6.45) is 0. The SMILES string of the molecule is COc1ccc(N(CC(=O)O)S(=O)(=O)c2ccc(OC)cc2)cc1. The first-order valence-corrected chi connectivity index (χ1v) is 8.35. The highest BCUT2D eigenvalue weighted by atomic mass is 32.2. The fraction of sp³-hybridized carbons (Fsp3) is 0.188. The van der Waals surface area contributed by atoms with E-state index >= 15 is 0 Å². The number of ether oxygens (including phenoxy) is 2. The highest BCUT2D eigenvalue weighted by Crippen LogP contribution is 2.26. The summed E-state index contributed by atoms with van der Waals surface area (Å²) < 4.78 is 36.5. The topological polar surface area (TPSA) is 93.1 Å². The first-order valence-electron chi connectivity index (χ1n) is 6.91. The Bertz CT molecular complexity index is 799. The molecule has 0 fully saturated rings. The standard InChI is InChI=1S/C16H17NO6S/c1-22-13-5-3-12(4-6-13)17(11-16(18)19)24(20,21)15-9-7-14(23-2)8-10-15/h3-10H,11H2,1-2H3,(H,18,19). The molecule has 0 unspecified atom stereocenters. The molecule has 1 N–H and O–H groups in total. The number of methoxy groups -OCH3 is 2. The van der Waals surface area contributed by atoms with E-state index in [1.54, 1.807) is 12.1 Å². The van der Waals surface area contributed by atoms with E-state index in [0.29, 0.717) is 11.5 Å². The van der Waals surface area contributed by atoms with E-state index in [1.807, 2.05) is 0 Å². The Balaban J connectivity index is 2.45. The predicted octanol–water partition coefficient (Wildman–Crippen LogP) is 1.98. The average molecular weight is 351 g/mol. The third-order valence-corrected chi connectivity index (χ3v) is 5.07. The molecule has 0 saturated heterocycles. The summed E-state index contributed by atoms with van der Waals surface area (Å²) in [4.78, 5) is 11.1. The maximum atomic E-state index is 12.8. The van der Waals surface area contributed by atoms with Crippen LogP contribution in [0.4, 0.5) is 5.69 Å². The van der Waals surface area contributed by atoms with Crippen LogP contribution in [0, 0.1) is 0 Å². The quantitative estimate of drug-likeness (QED) is 0.820. The van der Waals surface area contributed by atoms with Gasteiger partial charge in [0, 0.05) is 0 Å². The monoisotopic (exact) mass is 351 g/mol. The normalized spacial score (nSPS) is 10.9. The molecule has 0 atom stereocenters. The number of carboxylic acids is 1. The van der Waals surface area contributed by atoms with E-state index in [2.05, 4.69) is 0 Å². The van der Waals surface area contributed by atoms with E-state index in [1.165, 1.54) is 50.6 Å². The second-order valence-electron chi connectivity index (χ2n) is 4.78. The molecule has 0 aliphatic carbocycles. The molecule has 2 aromatic carbocycles. The molecule has 0 heterocycles. The zero-order valence-corrected chi connectivity index (χ0v) is 14.0. The van der Waals surface area contributed by atoms with Crippen LogP contribution < -0.4 is 13.8 Å². The van der Waals surface area contributed by atoms with Crippen LogP contribution in [-0.4, -0.2) is 40.3 Å². The van der Waals surface area contributed by atoms with Crippen LogP contribution >= 0.6 is 0 Å². The van der Waals surface area contributed by atoms with Gasteiger partial charge in [0.25, 0.3) is 10.0 Å². The number of hydrogen-bond donors (Lipinski definition) is 1. The van der Waals surface area contributed by atoms with Gasteiger partial charge in [0.2, 0.25) is 0 Å². The Morgan fingerprint density at radius 1 is 0.958 bits per heavy atom. The summed E-state index contributed by atoms with van der Waals surface area (Å²) in [5.74, 6) is -0.220. The van der Waals surface area contributed by atoms with Crippen molar-refractivity contribution in [2.45, 2.75) is 4.90 Å². The molecule has 7 nitrogen and oxygen atoms in total. The van der Waals surface area contributed by atoms with Crippen LogP contribution in [0.1, 0.15) is 0 Å². The van der Waals surface area contributed by atoms with E-state index in [-0.39, 0.29) is 10.6 Å². The van der Waals surface area contributed by atoms with E-state index < -0.39 is 22.5 Å². The smallest absolute Gasteiger partial charge is 0.324 e. The lowest BCUT2D eigenvalue weighted by Gasteiger charge is -2.23. The van der Waals surface area contributed by atoms with Crippen molar-refractivity contribution in [3.8, 4) is 11.5 Å². The molecule has 0 radical (unpaired) electrons. The van der Waals surface area contributed by atoms with Gasteiger partial charge in [-0.3, -0.25) is 9.10 Å². The minimum atomic E-state index is -4.04. The lowest BCUT2D eigenvalue weighted by atomic mass is 10.3. The Morgan fingerprint density at radius 3 is 1.83 bits per heavy atom. The zero-order valence-electron chi connectivity index (χ0n) is 13.2. The van der Waals surface area contributed by atoms with Crippen molar-refractivity contribution in [3.63, 3.8) is 0 Å². The van der Waals surface area contributed by atoms with Crippen LogP contribution in [0.25, 0.3) is 0 Å². The fourth-order valence-corrected chi connectivity index (χ4v) is 3.48. The summed E-state index contributed by atoms with van der Waals surface area (Å²) in [5.41, 5.74) is 0.231. The van der Waals surface area contributed by atoms with Crippen molar-refractivity contribution < 1.29 is 27.8 Å². The van der Waals surface area contributed by atoms with Gasteiger partial charge in [-0.2, -0.15) is 0 Å². The summed E-state index contributed by atoms with van der Waals surface area (Å²) in [7, 11) is -1.08. The predicted molar refractivity (Wildman–Crippen MR) is 88.2 cm³/mol. The molecule has 8 heteroatoms.